The van der Waals surface area contributed by atoms with Crippen molar-refractivity contribution in [3.63, 3.8) is 0 Å². The lowest BCUT2D eigenvalue weighted by Gasteiger charge is -2.17. The summed E-state index contributed by atoms with van der Waals surface area (Å²) in [7, 11) is 1.29. The summed E-state index contributed by atoms with van der Waals surface area (Å²) in [4.78, 5) is 24.8. The van der Waals surface area contributed by atoms with Crippen LogP contribution >= 0.6 is 0 Å². The molecule has 0 saturated carbocycles. The van der Waals surface area contributed by atoms with Crippen LogP contribution in [-0.2, 0) is 4.79 Å². The molecule has 0 heterocycles. The molecule has 24 heavy (non-hydrogen) atoms. The number of halogens is 4. The van der Waals surface area contributed by atoms with E-state index in [2.05, 4.69) is 0 Å². The zero-order valence-electron chi connectivity index (χ0n) is 12.4. The minimum Gasteiger partial charge on any atom is -0.332 e. The largest absolute Gasteiger partial charge is 0.332 e. The molecule has 8 heteroatoms. The summed E-state index contributed by atoms with van der Waals surface area (Å²) in [6.07, 6.45) is 0. The van der Waals surface area contributed by atoms with Crippen LogP contribution in [0.25, 0.3) is 0 Å². The van der Waals surface area contributed by atoms with Crippen LogP contribution in [0.4, 0.5) is 23.2 Å². The molecule has 0 atom stereocenters. The Morgan fingerprint density at radius 3 is 2.42 bits per heavy atom. The molecule has 0 aliphatic carbocycles. The van der Waals surface area contributed by atoms with E-state index in [1.54, 1.807) is 0 Å². The molecule has 0 fully saturated rings. The van der Waals surface area contributed by atoms with E-state index in [1.807, 2.05) is 5.32 Å². The quantitative estimate of drug-likeness (QED) is 0.687. The Morgan fingerprint density at radius 2 is 1.75 bits per heavy atom. The number of carbonyl (C=O) groups is 2. The number of anilines is 1. The van der Waals surface area contributed by atoms with Gasteiger partial charge in [0, 0.05) is 12.6 Å². The van der Waals surface area contributed by atoms with E-state index in [9.17, 15) is 27.2 Å². The second-order valence-corrected chi connectivity index (χ2v) is 4.94. The Balaban J connectivity index is 2.04. The number of nitrogens with one attached hydrogen (secondary N) is 1. The lowest BCUT2D eigenvalue weighted by molar-refractivity contribution is -0.116. The van der Waals surface area contributed by atoms with Gasteiger partial charge in [0.1, 0.15) is 5.82 Å². The van der Waals surface area contributed by atoms with Gasteiger partial charge < -0.3 is 10.2 Å². The zero-order valence-corrected chi connectivity index (χ0v) is 12.4. The number of likely N-dealkylation sites (N-methyl/N-ethyl adjacent to an activating group) is 1. The van der Waals surface area contributed by atoms with E-state index in [1.165, 1.54) is 19.2 Å². The summed E-state index contributed by atoms with van der Waals surface area (Å²) in [6.45, 7) is -0.492. The van der Waals surface area contributed by atoms with Crippen molar-refractivity contribution < 1.29 is 27.2 Å². The summed E-state index contributed by atoms with van der Waals surface area (Å²) < 4.78 is 52.5. The number of hydrogen-bond donors (Lipinski definition) is 1. The topological polar surface area (TPSA) is 49.4 Å². The number of carbonyl (C=O) groups excluding carboxylic acids is 2. The minimum atomic E-state index is -1.71. The average Bonchev–Trinajstić information content (AvgIpc) is 2.54. The third kappa shape index (κ3) is 3.89. The van der Waals surface area contributed by atoms with Crippen LogP contribution in [0.15, 0.2) is 36.4 Å². The van der Waals surface area contributed by atoms with Crippen molar-refractivity contribution in [1.82, 2.24) is 4.90 Å². The fourth-order valence-electron chi connectivity index (χ4n) is 1.94. The van der Waals surface area contributed by atoms with Gasteiger partial charge in [-0.25, -0.2) is 17.6 Å². The van der Waals surface area contributed by atoms with Gasteiger partial charge in [-0.3, -0.25) is 9.59 Å². The number of benzene rings is 2. The highest BCUT2D eigenvalue weighted by atomic mass is 19.2. The van der Waals surface area contributed by atoms with Gasteiger partial charge >= 0.3 is 0 Å². The van der Waals surface area contributed by atoms with Crippen molar-refractivity contribution in [3.05, 3.63) is 65.2 Å². The van der Waals surface area contributed by atoms with Crippen LogP contribution in [0, 0.1) is 23.3 Å². The van der Waals surface area contributed by atoms with Crippen LogP contribution in [-0.4, -0.2) is 30.3 Å². The molecule has 0 aromatic heterocycles. The van der Waals surface area contributed by atoms with Crippen molar-refractivity contribution >= 4 is 17.5 Å². The predicted molar refractivity (Wildman–Crippen MR) is 78.3 cm³/mol. The van der Waals surface area contributed by atoms with Gasteiger partial charge in [0.2, 0.25) is 5.91 Å². The number of hydrogen-bond acceptors (Lipinski definition) is 2. The highest BCUT2D eigenvalue weighted by Gasteiger charge is 2.18. The van der Waals surface area contributed by atoms with Gasteiger partial charge in [-0.1, -0.05) is 6.07 Å². The maximum absolute atomic E-state index is 13.5. The monoisotopic (exact) mass is 340 g/mol. The molecule has 0 bridgehead atoms. The molecule has 0 unspecified atom stereocenters. The lowest BCUT2D eigenvalue weighted by Crippen LogP contribution is -2.35. The highest BCUT2D eigenvalue weighted by molar-refractivity contribution is 5.99. The van der Waals surface area contributed by atoms with Gasteiger partial charge in [0.25, 0.3) is 5.91 Å². The van der Waals surface area contributed by atoms with Crippen molar-refractivity contribution in [2.24, 2.45) is 0 Å². The minimum absolute atomic E-state index is 0.0318. The van der Waals surface area contributed by atoms with E-state index in [0.29, 0.717) is 6.07 Å². The molecule has 2 aromatic rings. The van der Waals surface area contributed by atoms with E-state index < -0.39 is 47.3 Å². The SMILES string of the molecule is CN(CC(=O)Nc1ccc(F)c(F)c1F)C(=O)c1cccc(F)c1. The number of nitrogens with zero attached hydrogens (tertiary/aromatic N) is 1. The standard InChI is InChI=1S/C16H12F4N2O2/c1-22(16(24)9-3-2-4-10(17)7-9)8-13(23)21-12-6-5-11(18)14(19)15(12)20/h2-7H,8H2,1H3,(H,21,23). The molecular formula is C16H12F4N2O2. The second kappa shape index (κ2) is 7.12. The third-order valence-electron chi connectivity index (χ3n) is 3.11. The second-order valence-electron chi connectivity index (χ2n) is 4.94. The Morgan fingerprint density at radius 1 is 1.04 bits per heavy atom. The molecule has 2 aromatic carbocycles. The predicted octanol–water partition coefficient (Wildman–Crippen LogP) is 2.95. The first-order valence-corrected chi connectivity index (χ1v) is 6.74. The van der Waals surface area contributed by atoms with Gasteiger partial charge in [-0.05, 0) is 30.3 Å². The number of rotatable bonds is 4. The fraction of sp³-hybridized carbons (Fsp3) is 0.125. The summed E-state index contributed by atoms with van der Waals surface area (Å²) in [5.41, 5.74) is -0.519. The van der Waals surface area contributed by atoms with Crippen molar-refractivity contribution in [2.75, 3.05) is 18.9 Å². The molecule has 0 radical (unpaired) electrons. The maximum Gasteiger partial charge on any atom is 0.254 e. The lowest BCUT2D eigenvalue weighted by atomic mass is 10.2. The molecule has 0 spiro atoms. The molecule has 2 rings (SSSR count). The molecule has 2 amide bonds. The van der Waals surface area contributed by atoms with Crippen molar-refractivity contribution in [1.29, 1.82) is 0 Å². The molecular weight excluding hydrogens is 328 g/mol. The fourth-order valence-corrected chi connectivity index (χ4v) is 1.94. The first-order chi connectivity index (χ1) is 11.3. The van der Waals surface area contributed by atoms with Crippen LogP contribution in [0.2, 0.25) is 0 Å². The average molecular weight is 340 g/mol. The van der Waals surface area contributed by atoms with Crippen LogP contribution in [0.5, 0.6) is 0 Å². The summed E-state index contributed by atoms with van der Waals surface area (Å²) in [6, 6.07) is 6.40. The summed E-state index contributed by atoms with van der Waals surface area (Å²) in [5, 5.41) is 2.04. The third-order valence-corrected chi connectivity index (χ3v) is 3.11. The molecule has 1 N–H and O–H groups in total. The van der Waals surface area contributed by atoms with Crippen LogP contribution < -0.4 is 5.32 Å². The Bertz CT molecular complexity index is 796. The van der Waals surface area contributed by atoms with E-state index in [4.69, 9.17) is 0 Å². The maximum atomic E-state index is 13.5. The molecule has 0 saturated heterocycles. The first-order valence-electron chi connectivity index (χ1n) is 6.74. The molecule has 0 aliphatic rings. The van der Waals surface area contributed by atoms with Gasteiger partial charge in [0.15, 0.2) is 17.5 Å². The first kappa shape index (κ1) is 17.5. The van der Waals surface area contributed by atoms with Crippen LogP contribution in [0.3, 0.4) is 0 Å². The zero-order chi connectivity index (χ0) is 17.9. The van der Waals surface area contributed by atoms with Gasteiger partial charge in [-0.2, -0.15) is 0 Å². The molecule has 4 nitrogen and oxygen atoms in total. The number of amides is 2. The summed E-state index contributed by atoms with van der Waals surface area (Å²) in [5.74, 6) is -6.70. The Labute approximate surface area is 134 Å². The van der Waals surface area contributed by atoms with E-state index in [0.717, 1.165) is 23.1 Å². The Hall–Kier alpha value is -2.90. The normalized spacial score (nSPS) is 10.4. The summed E-state index contributed by atoms with van der Waals surface area (Å²) >= 11 is 0. The molecule has 126 valence electrons. The van der Waals surface area contributed by atoms with Crippen LogP contribution in [0.1, 0.15) is 10.4 Å². The van der Waals surface area contributed by atoms with E-state index in [-0.39, 0.29) is 5.56 Å². The van der Waals surface area contributed by atoms with Crippen molar-refractivity contribution in [2.45, 2.75) is 0 Å². The van der Waals surface area contributed by atoms with E-state index >= 15 is 0 Å². The molecule has 0 aliphatic heterocycles. The van der Waals surface area contributed by atoms with Gasteiger partial charge in [0.05, 0.1) is 12.2 Å². The van der Waals surface area contributed by atoms with Gasteiger partial charge in [-0.15, -0.1) is 0 Å². The Kier molecular flexibility index (Phi) is 5.18. The highest BCUT2D eigenvalue weighted by Crippen LogP contribution is 2.19. The smallest absolute Gasteiger partial charge is 0.254 e. The van der Waals surface area contributed by atoms with Crippen molar-refractivity contribution in [3.8, 4) is 0 Å².